The van der Waals surface area contributed by atoms with Gasteiger partial charge in [0.2, 0.25) is 6.29 Å². The first-order valence-electron chi connectivity index (χ1n) is 12.4. The van der Waals surface area contributed by atoms with Crippen molar-refractivity contribution in [3.05, 3.63) is 54.6 Å². The Hall–Kier alpha value is -3.95. The number of rotatable bonds is 6. The first kappa shape index (κ1) is 24.7. The fourth-order valence-corrected chi connectivity index (χ4v) is 4.65. The number of aliphatic hydroxyl groups is 2. The number of nitrogens with zero attached hydrogens (tertiary/aromatic N) is 4. The minimum Gasteiger partial charge on any atom is -0.508 e. The van der Waals surface area contributed by atoms with Gasteiger partial charge in [0.15, 0.2) is 0 Å². The van der Waals surface area contributed by atoms with E-state index in [1.54, 1.807) is 12.1 Å². The number of hydrogen-bond acceptors (Lipinski definition) is 8. The largest absolute Gasteiger partial charge is 0.508 e. The highest BCUT2D eigenvalue weighted by atomic mass is 16.5. The summed E-state index contributed by atoms with van der Waals surface area (Å²) in [6.45, 7) is 5.64. The molecule has 1 fully saturated rings. The minimum atomic E-state index is -2.01. The molecule has 9 nitrogen and oxygen atoms in total. The molecule has 0 bridgehead atoms. The van der Waals surface area contributed by atoms with Crippen LogP contribution in [0.2, 0.25) is 0 Å². The average Bonchev–Trinajstić information content (AvgIpc) is 2.91. The van der Waals surface area contributed by atoms with Gasteiger partial charge in [-0.3, -0.25) is 4.79 Å². The topological polar surface area (TPSA) is 119 Å². The molecule has 4 aromatic rings. The van der Waals surface area contributed by atoms with Crippen molar-refractivity contribution >= 4 is 33.4 Å². The summed E-state index contributed by atoms with van der Waals surface area (Å²) in [6.07, 6.45) is -1.27. The number of fused-ring (bicyclic) bond motifs is 2. The van der Waals surface area contributed by atoms with E-state index in [1.165, 1.54) is 4.90 Å². The van der Waals surface area contributed by atoms with E-state index in [-0.39, 0.29) is 17.9 Å². The Bertz CT molecular complexity index is 1450. The van der Waals surface area contributed by atoms with Crippen LogP contribution < -0.4 is 9.64 Å². The Morgan fingerprint density at radius 3 is 2.49 bits per heavy atom. The second kappa shape index (κ2) is 10.2. The molecule has 1 atom stereocenters. The number of anilines is 1. The van der Waals surface area contributed by atoms with E-state index in [9.17, 15) is 20.1 Å². The molecule has 37 heavy (non-hydrogen) atoms. The van der Waals surface area contributed by atoms with E-state index in [4.69, 9.17) is 14.7 Å². The lowest BCUT2D eigenvalue weighted by Gasteiger charge is -2.36. The molecule has 0 spiro atoms. The van der Waals surface area contributed by atoms with Crippen LogP contribution in [0.3, 0.4) is 0 Å². The SMILES string of the molecule is CCC(C)Oc1nc(N2CCN(C(=O)C(O)O)CC2)c2ccc(-c3cc(O)cc4ccccc34)cc2n1. The second-order valence-electron chi connectivity index (χ2n) is 9.30. The second-order valence-corrected chi connectivity index (χ2v) is 9.30. The third kappa shape index (κ3) is 5.00. The summed E-state index contributed by atoms with van der Waals surface area (Å²) in [6, 6.07) is 17.6. The van der Waals surface area contributed by atoms with Gasteiger partial charge in [-0.2, -0.15) is 9.97 Å². The van der Waals surface area contributed by atoms with E-state index in [0.29, 0.717) is 37.5 Å². The van der Waals surface area contributed by atoms with Crippen molar-refractivity contribution in [3.63, 3.8) is 0 Å². The van der Waals surface area contributed by atoms with Gasteiger partial charge < -0.3 is 29.9 Å². The Morgan fingerprint density at radius 1 is 1.00 bits per heavy atom. The first-order chi connectivity index (χ1) is 17.8. The Morgan fingerprint density at radius 2 is 1.76 bits per heavy atom. The maximum atomic E-state index is 12.0. The molecule has 1 amide bonds. The van der Waals surface area contributed by atoms with E-state index >= 15 is 0 Å². The Balaban J connectivity index is 1.57. The maximum Gasteiger partial charge on any atom is 0.319 e. The summed E-state index contributed by atoms with van der Waals surface area (Å²) in [7, 11) is 0. The summed E-state index contributed by atoms with van der Waals surface area (Å²) in [4.78, 5) is 24.9. The molecule has 1 saturated heterocycles. The molecule has 5 rings (SSSR count). The number of hydrogen-bond donors (Lipinski definition) is 3. The first-order valence-corrected chi connectivity index (χ1v) is 12.4. The lowest BCUT2D eigenvalue weighted by atomic mass is 9.97. The van der Waals surface area contributed by atoms with E-state index in [1.807, 2.05) is 56.3 Å². The lowest BCUT2D eigenvalue weighted by Crippen LogP contribution is -2.51. The van der Waals surface area contributed by atoms with Crippen LogP contribution in [0.15, 0.2) is 54.6 Å². The Kier molecular flexibility index (Phi) is 6.82. The van der Waals surface area contributed by atoms with Gasteiger partial charge in [0.25, 0.3) is 5.91 Å². The predicted octanol–water partition coefficient (Wildman–Crippen LogP) is 3.29. The molecule has 3 N–H and O–H groups in total. The number of phenolic OH excluding ortho intramolecular Hbond substituents is 1. The van der Waals surface area contributed by atoms with Crippen LogP contribution in [0, 0.1) is 0 Å². The number of phenols is 1. The number of amides is 1. The number of aliphatic hydroxyl groups excluding tert-OH is 1. The number of benzene rings is 3. The van der Waals surface area contributed by atoms with Gasteiger partial charge in [-0.25, -0.2) is 0 Å². The van der Waals surface area contributed by atoms with Gasteiger partial charge in [-0.1, -0.05) is 37.3 Å². The van der Waals surface area contributed by atoms with Crippen LogP contribution in [-0.2, 0) is 4.79 Å². The smallest absolute Gasteiger partial charge is 0.319 e. The van der Waals surface area contributed by atoms with Crippen LogP contribution in [0.4, 0.5) is 5.82 Å². The van der Waals surface area contributed by atoms with Gasteiger partial charge in [-0.15, -0.1) is 0 Å². The molecule has 1 unspecified atom stereocenters. The highest BCUT2D eigenvalue weighted by molar-refractivity contribution is 6.01. The zero-order valence-corrected chi connectivity index (χ0v) is 20.8. The van der Waals surface area contributed by atoms with Crippen molar-refractivity contribution in [3.8, 4) is 22.9 Å². The third-order valence-electron chi connectivity index (χ3n) is 6.81. The molecule has 1 aromatic heterocycles. The number of ether oxygens (including phenoxy) is 1. The summed E-state index contributed by atoms with van der Waals surface area (Å²) < 4.78 is 6.01. The highest BCUT2D eigenvalue weighted by Crippen LogP contribution is 2.36. The molecule has 1 aliphatic heterocycles. The quantitative estimate of drug-likeness (QED) is 0.344. The molecule has 3 aromatic carbocycles. The van der Waals surface area contributed by atoms with Crippen molar-refractivity contribution in [2.75, 3.05) is 31.1 Å². The van der Waals surface area contributed by atoms with Gasteiger partial charge >= 0.3 is 6.01 Å². The molecule has 2 heterocycles. The summed E-state index contributed by atoms with van der Waals surface area (Å²) in [5, 5.41) is 31.6. The van der Waals surface area contributed by atoms with Crippen LogP contribution in [0.1, 0.15) is 20.3 Å². The maximum absolute atomic E-state index is 12.0. The molecule has 0 saturated carbocycles. The third-order valence-corrected chi connectivity index (χ3v) is 6.81. The molecule has 9 heteroatoms. The monoisotopic (exact) mass is 502 g/mol. The van der Waals surface area contributed by atoms with E-state index in [0.717, 1.165) is 33.7 Å². The molecule has 0 aliphatic carbocycles. The zero-order valence-electron chi connectivity index (χ0n) is 20.8. The van der Waals surface area contributed by atoms with E-state index in [2.05, 4.69) is 4.90 Å². The Labute approximate surface area is 214 Å². The van der Waals surface area contributed by atoms with E-state index < -0.39 is 12.2 Å². The van der Waals surface area contributed by atoms with Gasteiger partial charge in [-0.05, 0) is 59.5 Å². The van der Waals surface area contributed by atoms with Gasteiger partial charge in [0.05, 0.1) is 11.6 Å². The van der Waals surface area contributed by atoms with Crippen LogP contribution >= 0.6 is 0 Å². The average molecular weight is 503 g/mol. The molecule has 1 aliphatic rings. The van der Waals surface area contributed by atoms with Crippen molar-refractivity contribution in [2.24, 2.45) is 0 Å². The van der Waals surface area contributed by atoms with Gasteiger partial charge in [0.1, 0.15) is 11.6 Å². The molecule has 192 valence electrons. The molecular weight excluding hydrogens is 472 g/mol. The highest BCUT2D eigenvalue weighted by Gasteiger charge is 2.27. The van der Waals surface area contributed by atoms with Crippen LogP contribution in [-0.4, -0.2) is 74.7 Å². The number of piperazine rings is 1. The van der Waals surface area contributed by atoms with Crippen molar-refractivity contribution in [1.29, 1.82) is 0 Å². The van der Waals surface area contributed by atoms with Crippen LogP contribution in [0.5, 0.6) is 11.8 Å². The molecule has 0 radical (unpaired) electrons. The normalized spacial score (nSPS) is 14.9. The number of aromatic nitrogens is 2. The standard InChI is InChI=1S/C28H30N4O5/c1-3-17(2)37-28-29-24-15-19(23-16-20(33)14-18-6-4-5-7-21(18)23)8-9-22(24)25(30-28)31-10-12-32(13-11-31)26(34)27(35)36/h4-9,14-17,27,33,35-36H,3,10-13H2,1-2H3. The fraction of sp³-hybridized carbons (Fsp3) is 0.321. The molecular formula is C28H30N4O5. The van der Waals surface area contributed by atoms with Crippen molar-refractivity contribution in [1.82, 2.24) is 14.9 Å². The van der Waals surface area contributed by atoms with Crippen molar-refractivity contribution < 1.29 is 24.9 Å². The van der Waals surface area contributed by atoms with Crippen molar-refractivity contribution in [2.45, 2.75) is 32.7 Å². The summed E-state index contributed by atoms with van der Waals surface area (Å²) in [5.41, 5.74) is 2.51. The number of carbonyl (C=O) groups is 1. The number of aromatic hydroxyl groups is 1. The lowest BCUT2D eigenvalue weighted by molar-refractivity contribution is -0.159. The summed E-state index contributed by atoms with van der Waals surface area (Å²) >= 11 is 0. The zero-order chi connectivity index (χ0) is 26.1. The minimum absolute atomic E-state index is 0.0657. The number of carbonyl (C=O) groups excluding carboxylic acids is 1. The van der Waals surface area contributed by atoms with Gasteiger partial charge in [0, 0.05) is 31.6 Å². The van der Waals surface area contributed by atoms with Crippen LogP contribution in [0.25, 0.3) is 32.8 Å². The predicted molar refractivity (Wildman–Crippen MR) is 142 cm³/mol. The summed E-state index contributed by atoms with van der Waals surface area (Å²) in [5.74, 6) is 0.196. The fourth-order valence-electron chi connectivity index (χ4n) is 4.65.